The highest BCUT2D eigenvalue weighted by Gasteiger charge is 2.35. The average Bonchev–Trinajstić information content (AvgIpc) is 2.69. The fraction of sp³-hybridized carbons (Fsp3) is 0.304. The summed E-state index contributed by atoms with van der Waals surface area (Å²) in [5.41, 5.74) is 2.62. The Morgan fingerprint density at radius 2 is 1.50 bits per heavy atom. The normalized spacial score (nSPS) is 11.6. The second-order valence-corrected chi connectivity index (χ2v) is 7.43. The molecular weight excluding hydrogens is 389 g/mol. The van der Waals surface area contributed by atoms with Gasteiger partial charge in [0.05, 0.1) is 0 Å². The number of hydrogen-bond donors (Lipinski definition) is 2. The highest BCUT2D eigenvalue weighted by Crippen LogP contribution is 2.35. The third-order valence-corrected chi connectivity index (χ3v) is 4.68. The Morgan fingerprint density at radius 3 is 2.07 bits per heavy atom. The van der Waals surface area contributed by atoms with Crippen LogP contribution in [0.3, 0.4) is 0 Å². The predicted molar refractivity (Wildman–Crippen MR) is 115 cm³/mol. The lowest BCUT2D eigenvalue weighted by molar-refractivity contribution is -0.137. The van der Waals surface area contributed by atoms with Gasteiger partial charge in [-0.05, 0) is 47.7 Å². The Kier molecular flexibility index (Phi) is 6.59. The van der Waals surface area contributed by atoms with Gasteiger partial charge in [0.1, 0.15) is 11.4 Å². The number of rotatable bonds is 7. The van der Waals surface area contributed by atoms with Crippen LogP contribution in [0.5, 0.6) is 0 Å². The van der Waals surface area contributed by atoms with E-state index in [2.05, 4.69) is 41.4 Å². The Bertz CT molecular complexity index is 965. The van der Waals surface area contributed by atoms with Crippen LogP contribution >= 0.6 is 0 Å². The molecule has 158 valence electrons. The number of nitrogens with one attached hydrogen (secondary N) is 2. The molecule has 0 amide bonds. The highest BCUT2D eigenvalue weighted by atomic mass is 19.4. The number of anilines is 4. The lowest BCUT2D eigenvalue weighted by Gasteiger charge is -2.15. The minimum absolute atomic E-state index is 0.0883. The van der Waals surface area contributed by atoms with Crippen molar-refractivity contribution in [2.45, 2.75) is 45.7 Å². The van der Waals surface area contributed by atoms with E-state index in [4.69, 9.17) is 0 Å². The molecular formula is C23H25F3N4. The molecule has 0 aliphatic heterocycles. The monoisotopic (exact) mass is 414 g/mol. The molecule has 3 aromatic rings. The van der Waals surface area contributed by atoms with Crippen LogP contribution in [-0.2, 0) is 12.6 Å². The van der Waals surface area contributed by atoms with Gasteiger partial charge in [0, 0.05) is 17.6 Å². The summed E-state index contributed by atoms with van der Waals surface area (Å²) in [6, 6.07) is 15.0. The van der Waals surface area contributed by atoms with Gasteiger partial charge in [-0.3, -0.25) is 0 Å². The van der Waals surface area contributed by atoms with E-state index in [9.17, 15) is 13.2 Å². The van der Waals surface area contributed by atoms with Crippen molar-refractivity contribution in [1.29, 1.82) is 0 Å². The van der Waals surface area contributed by atoms with Gasteiger partial charge in [-0.1, -0.05) is 51.5 Å². The molecule has 0 atom stereocenters. The summed E-state index contributed by atoms with van der Waals surface area (Å²) < 4.78 is 40.4. The second-order valence-electron chi connectivity index (χ2n) is 7.43. The molecule has 1 aromatic heterocycles. The molecule has 0 spiro atoms. The van der Waals surface area contributed by atoms with Crippen LogP contribution in [0.4, 0.5) is 36.3 Å². The largest absolute Gasteiger partial charge is 0.421 e. The zero-order valence-electron chi connectivity index (χ0n) is 17.2. The van der Waals surface area contributed by atoms with Crippen LogP contribution in [0.25, 0.3) is 0 Å². The summed E-state index contributed by atoms with van der Waals surface area (Å²) in [6.07, 6.45) is -1.84. The third kappa shape index (κ3) is 5.49. The van der Waals surface area contributed by atoms with E-state index in [0.29, 0.717) is 17.3 Å². The SMILES string of the molecule is CCCc1ccc(Nc2nc(Nc3ccc(C(C)C)cc3)ncc2C(F)(F)F)cc1. The molecule has 3 rings (SSSR count). The number of aryl methyl sites for hydroxylation is 1. The van der Waals surface area contributed by atoms with Gasteiger partial charge in [-0.15, -0.1) is 0 Å². The number of benzene rings is 2. The van der Waals surface area contributed by atoms with Gasteiger partial charge < -0.3 is 10.6 Å². The topological polar surface area (TPSA) is 49.8 Å². The predicted octanol–water partition coefficient (Wildman–Crippen LogP) is 7.06. The lowest BCUT2D eigenvalue weighted by Crippen LogP contribution is -2.12. The molecule has 0 aliphatic rings. The van der Waals surface area contributed by atoms with Crippen LogP contribution in [0.15, 0.2) is 54.7 Å². The maximum absolute atomic E-state index is 13.5. The van der Waals surface area contributed by atoms with E-state index >= 15 is 0 Å². The first-order valence-electron chi connectivity index (χ1n) is 9.93. The first-order chi connectivity index (χ1) is 14.3. The van der Waals surface area contributed by atoms with E-state index in [1.807, 2.05) is 36.4 Å². The Morgan fingerprint density at radius 1 is 0.900 bits per heavy atom. The molecule has 0 radical (unpaired) electrons. The summed E-state index contributed by atoms with van der Waals surface area (Å²) >= 11 is 0. The summed E-state index contributed by atoms with van der Waals surface area (Å²) in [7, 11) is 0. The van der Waals surface area contributed by atoms with E-state index in [0.717, 1.165) is 24.6 Å². The standard InChI is InChI=1S/C23H25F3N4/c1-4-5-16-6-10-18(11-7-16)28-21-20(23(24,25)26)14-27-22(30-21)29-19-12-8-17(9-13-19)15(2)3/h6-15H,4-5H2,1-3H3,(H2,27,28,29,30). The quantitative estimate of drug-likeness (QED) is 0.435. The first-order valence-corrected chi connectivity index (χ1v) is 9.93. The van der Waals surface area contributed by atoms with Crippen LogP contribution < -0.4 is 10.6 Å². The molecule has 0 fully saturated rings. The fourth-order valence-electron chi connectivity index (χ4n) is 3.01. The molecule has 4 nitrogen and oxygen atoms in total. The van der Waals surface area contributed by atoms with Crippen molar-refractivity contribution in [1.82, 2.24) is 9.97 Å². The van der Waals surface area contributed by atoms with Crippen LogP contribution in [-0.4, -0.2) is 9.97 Å². The molecule has 7 heteroatoms. The third-order valence-electron chi connectivity index (χ3n) is 4.68. The number of hydrogen-bond acceptors (Lipinski definition) is 4. The van der Waals surface area contributed by atoms with Crippen molar-refractivity contribution < 1.29 is 13.2 Å². The molecule has 0 saturated heterocycles. The molecule has 0 bridgehead atoms. The van der Waals surface area contributed by atoms with Gasteiger partial charge >= 0.3 is 6.18 Å². The minimum Gasteiger partial charge on any atom is -0.340 e. The first kappa shape index (κ1) is 21.6. The summed E-state index contributed by atoms with van der Waals surface area (Å²) in [5.74, 6) is 0.188. The number of halogens is 3. The van der Waals surface area contributed by atoms with E-state index < -0.39 is 11.7 Å². The van der Waals surface area contributed by atoms with Crippen LogP contribution in [0.2, 0.25) is 0 Å². The summed E-state index contributed by atoms with van der Waals surface area (Å²) in [4.78, 5) is 7.95. The van der Waals surface area contributed by atoms with Gasteiger partial charge in [-0.25, -0.2) is 4.98 Å². The Hall–Kier alpha value is -3.09. The molecule has 2 N–H and O–H groups in total. The summed E-state index contributed by atoms with van der Waals surface area (Å²) in [6.45, 7) is 6.26. The molecule has 0 unspecified atom stereocenters. The zero-order chi connectivity index (χ0) is 21.7. The van der Waals surface area contributed by atoms with Crippen molar-refractivity contribution in [2.75, 3.05) is 10.6 Å². The average molecular weight is 414 g/mol. The van der Waals surface area contributed by atoms with Gasteiger partial charge in [0.25, 0.3) is 0 Å². The van der Waals surface area contributed by atoms with E-state index in [1.165, 1.54) is 5.56 Å². The van der Waals surface area contributed by atoms with Crippen molar-refractivity contribution >= 4 is 23.1 Å². The number of aromatic nitrogens is 2. The van der Waals surface area contributed by atoms with Gasteiger partial charge in [-0.2, -0.15) is 18.2 Å². The fourth-order valence-corrected chi connectivity index (χ4v) is 3.01. The zero-order valence-corrected chi connectivity index (χ0v) is 17.2. The van der Waals surface area contributed by atoms with Crippen molar-refractivity contribution in [3.63, 3.8) is 0 Å². The van der Waals surface area contributed by atoms with Crippen LogP contribution in [0, 0.1) is 0 Å². The summed E-state index contributed by atoms with van der Waals surface area (Å²) in [5, 5.41) is 5.76. The maximum Gasteiger partial charge on any atom is 0.421 e. The van der Waals surface area contributed by atoms with Gasteiger partial charge in [0.2, 0.25) is 5.95 Å². The second kappa shape index (κ2) is 9.15. The van der Waals surface area contributed by atoms with Crippen molar-refractivity contribution in [2.24, 2.45) is 0 Å². The van der Waals surface area contributed by atoms with Crippen LogP contribution in [0.1, 0.15) is 49.8 Å². The molecule has 0 saturated carbocycles. The molecule has 0 aliphatic carbocycles. The Labute approximate surface area is 174 Å². The maximum atomic E-state index is 13.5. The molecule has 30 heavy (non-hydrogen) atoms. The minimum atomic E-state index is -4.57. The van der Waals surface area contributed by atoms with E-state index in [1.54, 1.807) is 12.1 Å². The van der Waals surface area contributed by atoms with Crippen molar-refractivity contribution in [3.05, 3.63) is 71.4 Å². The smallest absolute Gasteiger partial charge is 0.340 e. The lowest BCUT2D eigenvalue weighted by atomic mass is 10.0. The Balaban J connectivity index is 1.86. The highest BCUT2D eigenvalue weighted by molar-refractivity contribution is 5.63. The van der Waals surface area contributed by atoms with Gasteiger partial charge in [0.15, 0.2) is 0 Å². The number of nitrogens with zero attached hydrogens (tertiary/aromatic N) is 2. The van der Waals surface area contributed by atoms with E-state index in [-0.39, 0.29) is 11.8 Å². The molecule has 1 heterocycles. The van der Waals surface area contributed by atoms with Crippen molar-refractivity contribution in [3.8, 4) is 0 Å². The number of alkyl halides is 3. The molecule has 2 aromatic carbocycles.